The Hall–Kier alpha value is -8.05. The minimum atomic E-state index is -1.64. The number of aromatic nitrogens is 4. The van der Waals surface area contributed by atoms with Crippen LogP contribution in [0.3, 0.4) is 0 Å². The number of ether oxygens (including phenoxy) is 6. The number of terminal acetylenes is 1. The van der Waals surface area contributed by atoms with Gasteiger partial charge in [0.15, 0.2) is 22.6 Å². The number of fused-ring (bicyclic) bond motifs is 1. The Bertz CT molecular complexity index is 3080. The first-order chi connectivity index (χ1) is 35.3. The molecule has 6 aromatic carbocycles. The maximum atomic E-state index is 15.9. The van der Waals surface area contributed by atoms with Crippen LogP contribution in [0.5, 0.6) is 11.5 Å². The van der Waals surface area contributed by atoms with Crippen molar-refractivity contribution in [3.05, 3.63) is 192 Å². The molecule has 0 saturated carbocycles. The molecular weight excluding hydrogens is 910 g/mol. The predicted molar refractivity (Wildman–Crippen MR) is 275 cm³/mol. The van der Waals surface area contributed by atoms with Gasteiger partial charge in [0.05, 0.1) is 33.2 Å². The van der Waals surface area contributed by atoms with Crippen molar-refractivity contribution >= 4 is 23.1 Å². The molecule has 3 heterocycles. The maximum Gasteiger partial charge on any atom is 0.508 e. The Morgan fingerprint density at radius 3 is 1.85 bits per heavy atom. The van der Waals surface area contributed by atoms with E-state index in [9.17, 15) is 4.79 Å². The zero-order valence-electron chi connectivity index (χ0n) is 40.4. The lowest BCUT2D eigenvalue weighted by molar-refractivity contribution is -0.121. The summed E-state index contributed by atoms with van der Waals surface area (Å²) in [6, 6.07) is 51.2. The Labute approximate surface area is 419 Å². The van der Waals surface area contributed by atoms with Crippen LogP contribution in [0.15, 0.2) is 164 Å². The molecule has 9 rings (SSSR count). The van der Waals surface area contributed by atoms with Crippen LogP contribution in [0.1, 0.15) is 79.7 Å². The quantitative estimate of drug-likeness (QED) is 0.0339. The van der Waals surface area contributed by atoms with E-state index in [1.54, 1.807) is 18.8 Å². The van der Waals surface area contributed by atoms with Crippen LogP contribution in [0, 0.1) is 18.4 Å². The van der Waals surface area contributed by atoms with E-state index in [0.29, 0.717) is 11.9 Å². The molecule has 2 aromatic heterocycles. The van der Waals surface area contributed by atoms with Gasteiger partial charge >= 0.3 is 12.2 Å². The van der Waals surface area contributed by atoms with Crippen molar-refractivity contribution in [1.82, 2.24) is 19.5 Å². The van der Waals surface area contributed by atoms with Crippen molar-refractivity contribution in [1.29, 1.82) is 0 Å². The van der Waals surface area contributed by atoms with Crippen molar-refractivity contribution in [2.24, 2.45) is 0 Å². The van der Waals surface area contributed by atoms with Gasteiger partial charge in [-0.3, -0.25) is 4.57 Å². The van der Waals surface area contributed by atoms with Gasteiger partial charge in [0.1, 0.15) is 36.5 Å². The molecule has 0 aliphatic carbocycles. The average molecular weight is 966 g/mol. The molecule has 5 atom stereocenters. The molecule has 1 aliphatic heterocycles. The van der Waals surface area contributed by atoms with Crippen molar-refractivity contribution in [2.75, 3.05) is 32.8 Å². The molecule has 1 fully saturated rings. The zero-order valence-corrected chi connectivity index (χ0v) is 40.4. The second-order valence-electron chi connectivity index (χ2n) is 17.6. The van der Waals surface area contributed by atoms with E-state index >= 15 is 4.39 Å². The first-order valence-corrected chi connectivity index (χ1v) is 24.1. The topological polar surface area (TPSA) is 128 Å². The molecule has 8 aromatic rings. The number of imidazole rings is 1. The van der Waals surface area contributed by atoms with Gasteiger partial charge in [-0.25, -0.2) is 9.78 Å². The van der Waals surface area contributed by atoms with Gasteiger partial charge in [0.2, 0.25) is 0 Å². The molecule has 0 spiro atoms. The van der Waals surface area contributed by atoms with Crippen LogP contribution in [0.25, 0.3) is 33.4 Å². The van der Waals surface area contributed by atoms with E-state index in [0.717, 1.165) is 75.3 Å². The Balaban J connectivity index is 1.03. The predicted octanol–water partition coefficient (Wildman–Crippen LogP) is 12.7. The van der Waals surface area contributed by atoms with E-state index < -0.39 is 48.9 Å². The van der Waals surface area contributed by atoms with Crippen LogP contribution < -0.4 is 14.8 Å². The van der Waals surface area contributed by atoms with Crippen LogP contribution in [-0.4, -0.2) is 64.8 Å². The molecule has 0 amide bonds. The standard InChI is InChI=1S/C59H56FN5O7/c1-5-7-8-15-36-69-58(66)70-38-59(6-2)50(71-54(46-18-13-10-14-19-46)47-26-22-41(23-27-47)43-30-34-49(68-4)35-31-43)37-51(72-59)65-39-61-53-55(63-57(60)64-56(53)65)62-52(44-16-11-9-12-17-44)45-24-20-40(21-25-45)42-28-32-48(67-3)33-29-42/h2,9-14,16-35,39,50-52,54H,5,7-8,15,36-38H2,1,3-4H3,(H,62,63,64)/t50-,51+,52?,54?,59+/m0/s1. The second-order valence-corrected chi connectivity index (χ2v) is 17.6. The molecule has 0 radical (unpaired) electrons. The number of methoxy groups -OCH3 is 2. The number of carbonyl (C=O) groups excluding carboxylic acids is 1. The van der Waals surface area contributed by atoms with Crippen LogP contribution >= 0.6 is 0 Å². The highest BCUT2D eigenvalue weighted by Crippen LogP contribution is 2.44. The Morgan fingerprint density at radius 1 is 0.736 bits per heavy atom. The first kappa shape index (κ1) is 49.0. The number of halogens is 1. The lowest BCUT2D eigenvalue weighted by Gasteiger charge is -2.32. The van der Waals surface area contributed by atoms with Gasteiger partial charge in [-0.15, -0.1) is 6.42 Å². The molecular formula is C59H56FN5O7. The number of benzene rings is 6. The molecule has 72 heavy (non-hydrogen) atoms. The van der Waals surface area contributed by atoms with E-state index in [1.807, 2.05) is 158 Å². The molecule has 12 nitrogen and oxygen atoms in total. The second kappa shape index (κ2) is 22.8. The molecule has 0 bridgehead atoms. The highest BCUT2D eigenvalue weighted by molar-refractivity contribution is 5.83. The number of carbonyl (C=O) groups is 1. The fraction of sp³-hybridized carbons (Fsp3) is 0.254. The van der Waals surface area contributed by atoms with E-state index in [4.69, 9.17) is 39.8 Å². The fourth-order valence-corrected chi connectivity index (χ4v) is 9.03. The summed E-state index contributed by atoms with van der Waals surface area (Å²) >= 11 is 0. The maximum absolute atomic E-state index is 15.9. The smallest absolute Gasteiger partial charge is 0.497 e. The van der Waals surface area contributed by atoms with Crippen molar-refractivity contribution in [3.63, 3.8) is 0 Å². The lowest BCUT2D eigenvalue weighted by Crippen LogP contribution is -2.45. The van der Waals surface area contributed by atoms with Crippen molar-refractivity contribution < 1.29 is 37.6 Å². The summed E-state index contributed by atoms with van der Waals surface area (Å²) < 4.78 is 53.4. The number of anilines is 1. The van der Waals surface area contributed by atoms with Gasteiger partial charge in [0, 0.05) is 6.42 Å². The minimum Gasteiger partial charge on any atom is -0.497 e. The third-order valence-electron chi connectivity index (χ3n) is 13.0. The minimum absolute atomic E-state index is 0.139. The molecule has 1 saturated heterocycles. The molecule has 366 valence electrons. The zero-order chi connectivity index (χ0) is 49.9. The number of nitrogens with one attached hydrogen (secondary N) is 1. The highest BCUT2D eigenvalue weighted by atomic mass is 19.1. The Kier molecular flexibility index (Phi) is 15.5. The number of nitrogens with zero attached hydrogens (tertiary/aromatic N) is 4. The van der Waals surface area contributed by atoms with Crippen molar-refractivity contribution in [3.8, 4) is 46.1 Å². The van der Waals surface area contributed by atoms with Crippen LogP contribution in [0.2, 0.25) is 0 Å². The number of hydrogen-bond donors (Lipinski definition) is 1. The lowest BCUT2D eigenvalue weighted by atomic mass is 9.95. The largest absolute Gasteiger partial charge is 0.508 e. The molecule has 1 N–H and O–H groups in total. The summed E-state index contributed by atoms with van der Waals surface area (Å²) in [5, 5.41) is 3.49. The van der Waals surface area contributed by atoms with Crippen molar-refractivity contribution in [2.45, 2.75) is 69.1 Å². The van der Waals surface area contributed by atoms with Gasteiger partial charge in [-0.2, -0.15) is 14.4 Å². The third-order valence-corrected chi connectivity index (χ3v) is 13.0. The van der Waals surface area contributed by atoms with E-state index in [2.05, 4.69) is 28.1 Å². The average Bonchev–Trinajstić information content (AvgIpc) is 4.03. The molecule has 2 unspecified atom stereocenters. The highest BCUT2D eigenvalue weighted by Gasteiger charge is 2.52. The summed E-state index contributed by atoms with van der Waals surface area (Å²) in [5.41, 5.74) is 6.43. The number of unbranched alkanes of at least 4 members (excludes halogenated alkanes) is 3. The van der Waals surface area contributed by atoms with Gasteiger partial charge < -0.3 is 33.7 Å². The SMILES string of the molecule is C#C[C@]1(COC(=O)OCCCCCC)O[C@@H](n2cnc3c(NC(c4ccccc4)c4ccc(-c5ccc(OC)cc5)cc4)nc(F)nc32)C[C@@H]1OC(c1ccccc1)c1ccc(-c2ccc(OC)cc2)cc1. The number of rotatable bonds is 20. The van der Waals surface area contributed by atoms with E-state index in [-0.39, 0.29) is 24.5 Å². The summed E-state index contributed by atoms with van der Waals surface area (Å²) in [6.07, 6.45) is 7.51. The summed E-state index contributed by atoms with van der Waals surface area (Å²) in [5.74, 6) is 4.53. The summed E-state index contributed by atoms with van der Waals surface area (Å²) in [7, 11) is 3.28. The summed E-state index contributed by atoms with van der Waals surface area (Å²) in [6.45, 7) is 1.92. The molecule has 1 aliphatic rings. The third kappa shape index (κ3) is 11.1. The van der Waals surface area contributed by atoms with Crippen LogP contribution in [-0.2, 0) is 18.9 Å². The number of hydrogen-bond acceptors (Lipinski definition) is 11. The van der Waals surface area contributed by atoms with Gasteiger partial charge in [0.25, 0.3) is 0 Å². The first-order valence-electron chi connectivity index (χ1n) is 24.1. The van der Waals surface area contributed by atoms with E-state index in [1.165, 1.54) is 6.33 Å². The fourth-order valence-electron chi connectivity index (χ4n) is 9.03. The summed E-state index contributed by atoms with van der Waals surface area (Å²) in [4.78, 5) is 26.4. The van der Waals surface area contributed by atoms with Gasteiger partial charge in [-0.1, -0.05) is 166 Å². The monoisotopic (exact) mass is 965 g/mol. The normalized spacial score (nSPS) is 17.2. The van der Waals surface area contributed by atoms with Crippen LogP contribution in [0.4, 0.5) is 15.0 Å². The Morgan fingerprint density at radius 2 is 1.28 bits per heavy atom. The van der Waals surface area contributed by atoms with Gasteiger partial charge in [-0.05, 0) is 75.2 Å². The molecule has 13 heteroatoms.